The lowest BCUT2D eigenvalue weighted by Crippen LogP contribution is -2.28. The number of aryl methyl sites for hydroxylation is 2. The quantitative estimate of drug-likeness (QED) is 0.738. The number of fused-ring (bicyclic) bond motifs is 1. The molecule has 0 bridgehead atoms. The molecule has 0 amide bonds. The smallest absolute Gasteiger partial charge is 0.251 e. The van der Waals surface area contributed by atoms with Crippen LogP contribution in [0, 0.1) is 13.8 Å². The molecule has 0 atom stereocenters. The first-order valence-corrected chi connectivity index (χ1v) is 9.53. The van der Waals surface area contributed by atoms with E-state index < -0.39 is 10.0 Å². The van der Waals surface area contributed by atoms with E-state index in [9.17, 15) is 13.2 Å². The van der Waals surface area contributed by atoms with Gasteiger partial charge in [-0.05, 0) is 49.4 Å². The average Bonchev–Trinajstić information content (AvgIpc) is 2.54. The van der Waals surface area contributed by atoms with E-state index in [2.05, 4.69) is 9.71 Å². The molecule has 0 saturated carbocycles. The zero-order valence-electron chi connectivity index (χ0n) is 14.2. The maximum Gasteiger partial charge on any atom is 0.251 e. The molecule has 2 aromatic carbocycles. The highest BCUT2D eigenvalue weighted by Gasteiger charge is 2.16. The number of para-hydroxylation sites is 1. The minimum atomic E-state index is -3.60. The molecular formula is C19H20N2O3S. The minimum absolute atomic E-state index is 0.164. The zero-order chi connectivity index (χ0) is 18.0. The van der Waals surface area contributed by atoms with Crippen LogP contribution in [-0.2, 0) is 16.4 Å². The van der Waals surface area contributed by atoms with Crippen molar-refractivity contribution in [3.63, 3.8) is 0 Å². The lowest BCUT2D eigenvalue weighted by Gasteiger charge is -2.10. The molecule has 5 nitrogen and oxygen atoms in total. The molecule has 3 rings (SSSR count). The normalized spacial score (nSPS) is 11.8. The number of hydrogen-bond acceptors (Lipinski definition) is 3. The van der Waals surface area contributed by atoms with Gasteiger partial charge in [0.05, 0.1) is 4.90 Å². The third kappa shape index (κ3) is 3.81. The molecule has 0 aliphatic carbocycles. The maximum atomic E-state index is 12.5. The van der Waals surface area contributed by atoms with Crippen LogP contribution >= 0.6 is 0 Å². The second-order valence-electron chi connectivity index (χ2n) is 6.13. The monoisotopic (exact) mass is 356 g/mol. The first kappa shape index (κ1) is 17.4. The van der Waals surface area contributed by atoms with Crippen molar-refractivity contribution in [1.29, 1.82) is 0 Å². The fourth-order valence-corrected chi connectivity index (χ4v) is 4.13. The van der Waals surface area contributed by atoms with Gasteiger partial charge >= 0.3 is 0 Å². The summed E-state index contributed by atoms with van der Waals surface area (Å²) >= 11 is 0. The van der Waals surface area contributed by atoms with Crippen LogP contribution in [-0.4, -0.2) is 19.9 Å². The molecule has 2 N–H and O–H groups in total. The number of benzene rings is 2. The number of H-pyrrole nitrogens is 1. The third-order valence-corrected chi connectivity index (χ3v) is 5.76. The number of aromatic nitrogens is 1. The summed E-state index contributed by atoms with van der Waals surface area (Å²) in [4.78, 5) is 15.2. The lowest BCUT2D eigenvalue weighted by atomic mass is 10.1. The predicted octanol–water partition coefficient (Wildman–Crippen LogP) is 2.67. The molecule has 1 heterocycles. The van der Waals surface area contributed by atoms with E-state index in [4.69, 9.17) is 0 Å². The fraction of sp³-hybridized carbons (Fsp3) is 0.211. The highest BCUT2D eigenvalue weighted by atomic mass is 32.2. The van der Waals surface area contributed by atoms with Gasteiger partial charge in [-0.2, -0.15) is 0 Å². The number of sulfonamides is 1. The summed E-state index contributed by atoms with van der Waals surface area (Å²) in [6.45, 7) is 3.86. The first-order valence-electron chi connectivity index (χ1n) is 8.05. The molecule has 1 aromatic heterocycles. The van der Waals surface area contributed by atoms with Gasteiger partial charge in [-0.25, -0.2) is 13.1 Å². The molecule has 0 spiro atoms. The van der Waals surface area contributed by atoms with E-state index in [1.807, 2.05) is 37.3 Å². The van der Waals surface area contributed by atoms with Crippen molar-refractivity contribution in [3.05, 3.63) is 75.6 Å². The van der Waals surface area contributed by atoms with Crippen LogP contribution in [0.25, 0.3) is 10.9 Å². The Morgan fingerprint density at radius 2 is 1.80 bits per heavy atom. The number of rotatable bonds is 5. The van der Waals surface area contributed by atoms with Crippen molar-refractivity contribution >= 4 is 20.9 Å². The van der Waals surface area contributed by atoms with Crippen LogP contribution in [0.1, 0.15) is 16.7 Å². The topological polar surface area (TPSA) is 79.0 Å². The Hall–Kier alpha value is -2.44. The number of hydrogen-bond donors (Lipinski definition) is 2. The number of pyridine rings is 1. The highest BCUT2D eigenvalue weighted by molar-refractivity contribution is 7.89. The standard InChI is InChI=1S/C19H20N2O3S/c1-13-7-8-18(14(2)11-13)25(23,24)20-10-9-16-12-15-5-3-4-6-17(15)21-19(16)22/h3-8,11-12,20H,9-10H2,1-2H3,(H,21,22). The summed E-state index contributed by atoms with van der Waals surface area (Å²) in [7, 11) is -3.60. The summed E-state index contributed by atoms with van der Waals surface area (Å²) in [5, 5.41) is 0.925. The van der Waals surface area contributed by atoms with Gasteiger partial charge in [0.1, 0.15) is 0 Å². The van der Waals surface area contributed by atoms with Crippen molar-refractivity contribution in [3.8, 4) is 0 Å². The molecule has 0 unspecified atom stereocenters. The van der Waals surface area contributed by atoms with Crippen LogP contribution in [0.4, 0.5) is 0 Å². The van der Waals surface area contributed by atoms with E-state index in [1.165, 1.54) is 0 Å². The van der Waals surface area contributed by atoms with Gasteiger partial charge in [0.25, 0.3) is 5.56 Å². The Labute approximate surface area is 146 Å². The Morgan fingerprint density at radius 3 is 2.56 bits per heavy atom. The average molecular weight is 356 g/mol. The minimum Gasteiger partial charge on any atom is -0.322 e. The molecule has 0 radical (unpaired) electrons. The summed E-state index contributed by atoms with van der Waals surface area (Å²) in [5.74, 6) is 0. The maximum absolute atomic E-state index is 12.5. The third-order valence-electron chi connectivity index (χ3n) is 4.14. The Bertz CT molecular complexity index is 1090. The molecule has 3 aromatic rings. The van der Waals surface area contributed by atoms with E-state index in [0.717, 1.165) is 16.5 Å². The molecule has 0 aliphatic heterocycles. The number of nitrogens with one attached hydrogen (secondary N) is 2. The Morgan fingerprint density at radius 1 is 1.04 bits per heavy atom. The van der Waals surface area contributed by atoms with Crippen LogP contribution < -0.4 is 10.3 Å². The number of aromatic amines is 1. The van der Waals surface area contributed by atoms with Gasteiger partial charge in [-0.15, -0.1) is 0 Å². The predicted molar refractivity (Wildman–Crippen MR) is 99.4 cm³/mol. The van der Waals surface area contributed by atoms with E-state index in [0.29, 0.717) is 17.5 Å². The molecule has 0 aliphatic rings. The summed E-state index contributed by atoms with van der Waals surface area (Å²) < 4.78 is 27.5. The van der Waals surface area contributed by atoms with E-state index in [1.54, 1.807) is 25.1 Å². The molecule has 25 heavy (non-hydrogen) atoms. The second-order valence-corrected chi connectivity index (χ2v) is 7.86. The van der Waals surface area contributed by atoms with Crippen molar-refractivity contribution < 1.29 is 8.42 Å². The van der Waals surface area contributed by atoms with Gasteiger partial charge in [-0.1, -0.05) is 35.9 Å². The summed E-state index contributed by atoms with van der Waals surface area (Å²) in [6, 6.07) is 14.5. The van der Waals surface area contributed by atoms with Gasteiger partial charge in [-0.3, -0.25) is 4.79 Å². The van der Waals surface area contributed by atoms with Crippen LogP contribution in [0.3, 0.4) is 0 Å². The Kier molecular flexibility index (Phi) is 4.74. The highest BCUT2D eigenvalue weighted by Crippen LogP contribution is 2.16. The Balaban J connectivity index is 1.76. The van der Waals surface area contributed by atoms with Crippen molar-refractivity contribution in [2.45, 2.75) is 25.2 Å². The van der Waals surface area contributed by atoms with Crippen molar-refractivity contribution in [1.82, 2.24) is 9.71 Å². The summed E-state index contributed by atoms with van der Waals surface area (Å²) in [6.07, 6.45) is 0.324. The molecule has 6 heteroatoms. The van der Waals surface area contributed by atoms with Gasteiger partial charge < -0.3 is 4.98 Å². The van der Waals surface area contributed by atoms with Gasteiger partial charge in [0.15, 0.2) is 0 Å². The fourth-order valence-electron chi connectivity index (χ4n) is 2.88. The largest absolute Gasteiger partial charge is 0.322 e. The lowest BCUT2D eigenvalue weighted by molar-refractivity contribution is 0.581. The van der Waals surface area contributed by atoms with Crippen LogP contribution in [0.2, 0.25) is 0 Å². The SMILES string of the molecule is Cc1ccc(S(=O)(=O)NCCc2cc3ccccc3[nH]c2=O)c(C)c1. The van der Waals surface area contributed by atoms with Gasteiger partial charge in [0, 0.05) is 17.6 Å². The second kappa shape index (κ2) is 6.82. The summed E-state index contributed by atoms with van der Waals surface area (Å²) in [5.41, 5.74) is 2.86. The van der Waals surface area contributed by atoms with Crippen LogP contribution in [0.15, 0.2) is 58.2 Å². The molecule has 0 saturated heterocycles. The molecule has 130 valence electrons. The molecular weight excluding hydrogens is 336 g/mol. The van der Waals surface area contributed by atoms with E-state index >= 15 is 0 Å². The first-order chi connectivity index (χ1) is 11.9. The van der Waals surface area contributed by atoms with E-state index in [-0.39, 0.29) is 17.0 Å². The van der Waals surface area contributed by atoms with Crippen molar-refractivity contribution in [2.24, 2.45) is 0 Å². The molecule has 0 fully saturated rings. The van der Waals surface area contributed by atoms with Crippen molar-refractivity contribution in [2.75, 3.05) is 6.54 Å². The van der Waals surface area contributed by atoms with Gasteiger partial charge in [0.2, 0.25) is 10.0 Å². The van der Waals surface area contributed by atoms with Crippen LogP contribution in [0.5, 0.6) is 0 Å². The zero-order valence-corrected chi connectivity index (χ0v) is 15.0.